The fraction of sp³-hybridized carbons (Fsp3) is 0.364. The van der Waals surface area contributed by atoms with Gasteiger partial charge in [-0.25, -0.2) is 4.31 Å². The van der Waals surface area contributed by atoms with Crippen molar-refractivity contribution in [1.82, 2.24) is 4.31 Å². The number of carbonyl (C=O) groups excluding carboxylic acids is 2. The molecule has 2 aromatic rings. The van der Waals surface area contributed by atoms with Crippen molar-refractivity contribution in [2.75, 3.05) is 44.5 Å². The van der Waals surface area contributed by atoms with E-state index in [1.165, 1.54) is 30.8 Å². The molecule has 0 spiro atoms. The second-order valence-electron chi connectivity index (χ2n) is 6.62. The van der Waals surface area contributed by atoms with Crippen molar-refractivity contribution in [3.8, 4) is 0 Å². The third kappa shape index (κ3) is 8.44. The number of rotatable bonds is 7. The first-order valence-corrected chi connectivity index (χ1v) is 10.5. The molecule has 0 saturated carbocycles. The van der Waals surface area contributed by atoms with Gasteiger partial charge in [0.1, 0.15) is 6.29 Å². The molecule has 0 atom stereocenters. The van der Waals surface area contributed by atoms with Gasteiger partial charge in [0.15, 0.2) is 0 Å². The van der Waals surface area contributed by atoms with E-state index in [4.69, 9.17) is 9.90 Å². The van der Waals surface area contributed by atoms with Gasteiger partial charge in [-0.15, -0.1) is 0 Å². The van der Waals surface area contributed by atoms with E-state index in [1.54, 1.807) is 0 Å². The molecule has 4 N–H and O–H groups in total. The van der Waals surface area contributed by atoms with Crippen molar-refractivity contribution in [3.05, 3.63) is 48.0 Å². The van der Waals surface area contributed by atoms with E-state index in [1.807, 2.05) is 30.9 Å². The smallest absolute Gasteiger partial charge is 0.204 e. The monoisotopic (exact) mass is 432 g/mol. The first-order valence-electron chi connectivity index (χ1n) is 9.71. The maximum absolute atomic E-state index is 11.0. The summed E-state index contributed by atoms with van der Waals surface area (Å²) >= 11 is 1.84. The molecule has 1 amide bonds. The molecule has 30 heavy (non-hydrogen) atoms. The number of aliphatic hydroxyl groups excluding tert-OH is 1. The molecule has 1 saturated heterocycles. The Labute approximate surface area is 183 Å². The molecule has 1 aliphatic rings. The van der Waals surface area contributed by atoms with Gasteiger partial charge in [0.05, 0.1) is 0 Å². The van der Waals surface area contributed by atoms with Crippen molar-refractivity contribution in [1.29, 1.82) is 0 Å². The summed E-state index contributed by atoms with van der Waals surface area (Å²) in [7, 11) is 4.99. The topological polar surface area (TPSA) is 98.9 Å². The SMILES string of the molecule is CN(C)c1ccc(Nc2ccc(SN3CCCC3)cc2)cc1CC=O.CO.NC=O. The number of aldehydes is 1. The molecule has 1 fully saturated rings. The molecule has 1 heterocycles. The Morgan fingerprint density at radius 2 is 1.63 bits per heavy atom. The van der Waals surface area contributed by atoms with Gasteiger partial charge in [-0.3, -0.25) is 4.79 Å². The quantitative estimate of drug-likeness (QED) is 0.457. The Morgan fingerprint density at radius 3 is 2.17 bits per heavy atom. The molecule has 7 nitrogen and oxygen atoms in total. The first-order chi connectivity index (χ1) is 14.6. The second kappa shape index (κ2) is 14.4. The number of hydrogen-bond donors (Lipinski definition) is 3. The number of benzene rings is 2. The predicted octanol–water partition coefficient (Wildman–Crippen LogP) is 3.05. The summed E-state index contributed by atoms with van der Waals surface area (Å²) in [5, 5.41) is 10.4. The van der Waals surface area contributed by atoms with Crippen molar-refractivity contribution >= 4 is 41.7 Å². The molecule has 1 aliphatic heterocycles. The highest BCUT2D eigenvalue weighted by Crippen LogP contribution is 2.29. The molecule has 0 bridgehead atoms. The number of amides is 1. The van der Waals surface area contributed by atoms with Crippen molar-refractivity contribution in [3.63, 3.8) is 0 Å². The Morgan fingerprint density at radius 1 is 1.07 bits per heavy atom. The highest BCUT2D eigenvalue weighted by atomic mass is 32.2. The van der Waals surface area contributed by atoms with Crippen LogP contribution in [0.3, 0.4) is 0 Å². The van der Waals surface area contributed by atoms with Crippen LogP contribution in [0.5, 0.6) is 0 Å². The van der Waals surface area contributed by atoms with E-state index in [-0.39, 0.29) is 6.41 Å². The number of nitrogens with zero attached hydrogens (tertiary/aromatic N) is 2. The highest BCUT2D eigenvalue weighted by Gasteiger charge is 2.12. The van der Waals surface area contributed by atoms with Crippen LogP contribution in [-0.2, 0) is 16.0 Å². The Hall–Kier alpha value is -2.55. The van der Waals surface area contributed by atoms with Gasteiger partial charge in [0, 0.05) is 62.7 Å². The third-order valence-electron chi connectivity index (χ3n) is 4.31. The van der Waals surface area contributed by atoms with Crippen LogP contribution in [0.4, 0.5) is 17.1 Å². The number of primary amides is 1. The summed E-state index contributed by atoms with van der Waals surface area (Å²) < 4.78 is 2.42. The zero-order valence-corrected chi connectivity index (χ0v) is 18.7. The van der Waals surface area contributed by atoms with Gasteiger partial charge >= 0.3 is 0 Å². The van der Waals surface area contributed by atoms with Crippen LogP contribution in [0.25, 0.3) is 0 Å². The largest absolute Gasteiger partial charge is 0.400 e. The summed E-state index contributed by atoms with van der Waals surface area (Å²) in [4.78, 5) is 22.8. The molecule has 3 rings (SSSR count). The van der Waals surface area contributed by atoms with Gasteiger partial charge in [0.25, 0.3) is 0 Å². The Bertz CT molecular complexity index is 763. The zero-order valence-electron chi connectivity index (χ0n) is 17.9. The molecular weight excluding hydrogens is 400 g/mol. The fourth-order valence-electron chi connectivity index (χ4n) is 3.05. The van der Waals surface area contributed by atoms with Crippen LogP contribution in [-0.4, -0.2) is 56.4 Å². The van der Waals surface area contributed by atoms with Gasteiger partial charge < -0.3 is 25.9 Å². The van der Waals surface area contributed by atoms with E-state index in [0.29, 0.717) is 6.42 Å². The lowest BCUT2D eigenvalue weighted by atomic mass is 10.1. The minimum absolute atomic E-state index is 0.250. The lowest BCUT2D eigenvalue weighted by Crippen LogP contribution is -2.11. The average molecular weight is 433 g/mol. The Balaban J connectivity index is 0.000000826. The predicted molar refractivity (Wildman–Crippen MR) is 125 cm³/mol. The number of nitrogens with two attached hydrogens (primary N) is 1. The first kappa shape index (κ1) is 25.5. The van der Waals surface area contributed by atoms with E-state index in [9.17, 15) is 4.79 Å². The van der Waals surface area contributed by atoms with Gasteiger partial charge in [0.2, 0.25) is 6.41 Å². The van der Waals surface area contributed by atoms with Crippen LogP contribution in [0.2, 0.25) is 0 Å². The van der Waals surface area contributed by atoms with Crippen LogP contribution >= 0.6 is 11.9 Å². The number of hydrogen-bond acceptors (Lipinski definition) is 7. The fourth-order valence-corrected chi connectivity index (χ4v) is 4.04. The molecule has 0 radical (unpaired) electrons. The molecular formula is C22H32N4O3S. The number of carbonyl (C=O) groups is 2. The lowest BCUT2D eigenvalue weighted by molar-refractivity contribution is -0.107. The summed E-state index contributed by atoms with van der Waals surface area (Å²) in [5.41, 5.74) is 8.34. The van der Waals surface area contributed by atoms with Crippen LogP contribution in [0.15, 0.2) is 47.4 Å². The molecule has 0 aromatic heterocycles. The summed E-state index contributed by atoms with van der Waals surface area (Å²) in [6.45, 7) is 2.37. The third-order valence-corrected chi connectivity index (χ3v) is 5.41. The lowest BCUT2D eigenvalue weighted by Gasteiger charge is -2.18. The minimum atomic E-state index is 0.250. The normalized spacial score (nSPS) is 12.7. The van der Waals surface area contributed by atoms with Gasteiger partial charge in [-0.05, 0) is 72.8 Å². The minimum Gasteiger partial charge on any atom is -0.400 e. The standard InChI is InChI=1S/C20H25N3OS.CH3NO.CH4O/c1-22(2)20-10-7-18(15-16(20)11-14-24)21-17-5-8-19(9-6-17)25-23-12-3-4-13-23;2-1-3;1-2/h5-10,14-15,21H,3-4,11-13H2,1-2H3;1H,(H2,2,3);2H,1H3. The molecule has 0 aliphatic carbocycles. The van der Waals surface area contributed by atoms with E-state index in [2.05, 4.69) is 57.8 Å². The van der Waals surface area contributed by atoms with Gasteiger partial charge in [-0.1, -0.05) is 0 Å². The van der Waals surface area contributed by atoms with Crippen LogP contribution in [0.1, 0.15) is 18.4 Å². The summed E-state index contributed by atoms with van der Waals surface area (Å²) in [6, 6.07) is 14.7. The van der Waals surface area contributed by atoms with Crippen LogP contribution < -0.4 is 16.0 Å². The Kier molecular flexibility index (Phi) is 12.3. The molecule has 2 aromatic carbocycles. The number of nitrogens with one attached hydrogen (secondary N) is 1. The molecule has 0 unspecified atom stereocenters. The molecule has 8 heteroatoms. The summed E-state index contributed by atoms with van der Waals surface area (Å²) in [5.74, 6) is 0. The van der Waals surface area contributed by atoms with E-state index in [0.717, 1.165) is 36.0 Å². The van der Waals surface area contributed by atoms with Crippen molar-refractivity contribution in [2.24, 2.45) is 5.73 Å². The van der Waals surface area contributed by atoms with Gasteiger partial charge in [-0.2, -0.15) is 0 Å². The zero-order chi connectivity index (χ0) is 22.4. The van der Waals surface area contributed by atoms with E-state index >= 15 is 0 Å². The van der Waals surface area contributed by atoms with Crippen LogP contribution in [0, 0.1) is 0 Å². The maximum Gasteiger partial charge on any atom is 0.204 e. The molecule has 164 valence electrons. The number of aliphatic hydroxyl groups is 1. The second-order valence-corrected chi connectivity index (χ2v) is 7.79. The van der Waals surface area contributed by atoms with Crippen molar-refractivity contribution < 1.29 is 14.7 Å². The average Bonchev–Trinajstić information content (AvgIpc) is 3.25. The van der Waals surface area contributed by atoms with E-state index < -0.39 is 0 Å². The van der Waals surface area contributed by atoms with Crippen molar-refractivity contribution in [2.45, 2.75) is 24.2 Å². The maximum atomic E-state index is 11.0. The highest BCUT2D eigenvalue weighted by molar-refractivity contribution is 7.97. The summed E-state index contributed by atoms with van der Waals surface area (Å²) in [6.07, 6.45) is 4.24. The number of anilines is 3.